The van der Waals surface area contributed by atoms with Crippen molar-refractivity contribution in [1.82, 2.24) is 15.4 Å². The molecule has 4 N–H and O–H groups in total. The summed E-state index contributed by atoms with van der Waals surface area (Å²) in [4.78, 5) is 12.0. The Hall–Kier alpha value is -0.860. The van der Waals surface area contributed by atoms with Crippen molar-refractivity contribution in [1.29, 1.82) is 0 Å². The van der Waals surface area contributed by atoms with Crippen molar-refractivity contribution in [2.75, 3.05) is 19.4 Å². The molecule has 0 radical (unpaired) electrons. The normalized spacial score (nSPS) is 22.6. The van der Waals surface area contributed by atoms with Gasteiger partial charge >= 0.3 is 6.03 Å². The minimum absolute atomic E-state index is 0.125. The second-order valence-electron chi connectivity index (χ2n) is 7.21. The first-order chi connectivity index (χ1) is 10.6. The fraction of sp³-hybridized carbons (Fsp3) is 0.933. The Morgan fingerprint density at radius 1 is 1.22 bits per heavy atom. The van der Waals surface area contributed by atoms with Crippen molar-refractivity contribution < 1.29 is 18.3 Å². The summed E-state index contributed by atoms with van der Waals surface area (Å²) < 4.78 is 25.4. The predicted octanol–water partition coefficient (Wildman–Crippen LogP) is 0.945. The molecule has 2 atom stereocenters. The van der Waals surface area contributed by atoms with Crippen molar-refractivity contribution in [2.45, 2.75) is 64.5 Å². The third kappa shape index (κ3) is 8.53. The van der Waals surface area contributed by atoms with Crippen LogP contribution in [0.2, 0.25) is 0 Å². The highest BCUT2D eigenvalue weighted by atomic mass is 32.2. The number of aliphatic hydroxyl groups is 1. The van der Waals surface area contributed by atoms with Gasteiger partial charge in [0.15, 0.2) is 0 Å². The van der Waals surface area contributed by atoms with Crippen molar-refractivity contribution in [2.24, 2.45) is 5.41 Å². The lowest BCUT2D eigenvalue weighted by Gasteiger charge is -2.32. The molecular weight excluding hydrogens is 318 g/mol. The van der Waals surface area contributed by atoms with E-state index in [0.29, 0.717) is 6.54 Å². The van der Waals surface area contributed by atoms with Crippen LogP contribution in [0.1, 0.15) is 52.4 Å². The van der Waals surface area contributed by atoms with Gasteiger partial charge in [-0.05, 0) is 31.1 Å². The number of aliphatic hydroxyl groups excluding tert-OH is 1. The van der Waals surface area contributed by atoms with Gasteiger partial charge in [0, 0.05) is 25.2 Å². The molecule has 23 heavy (non-hydrogen) atoms. The molecule has 136 valence electrons. The molecule has 1 rings (SSSR count). The molecule has 1 fully saturated rings. The molecule has 1 aliphatic carbocycles. The van der Waals surface area contributed by atoms with Crippen molar-refractivity contribution in [3.63, 3.8) is 0 Å². The lowest BCUT2D eigenvalue weighted by Crippen LogP contribution is -2.55. The number of hydrogen-bond donors (Lipinski definition) is 4. The highest BCUT2D eigenvalue weighted by Gasteiger charge is 2.28. The summed E-state index contributed by atoms with van der Waals surface area (Å²) in [7, 11) is -3.28. The van der Waals surface area contributed by atoms with Crippen LogP contribution < -0.4 is 15.4 Å². The summed E-state index contributed by atoms with van der Waals surface area (Å²) in [5, 5.41) is 14.9. The van der Waals surface area contributed by atoms with Crippen LogP contribution in [0, 0.1) is 5.41 Å². The molecule has 0 aromatic rings. The molecule has 8 heteroatoms. The maximum absolute atomic E-state index is 12.0. The summed E-state index contributed by atoms with van der Waals surface area (Å²) in [6.45, 7) is 4.62. The predicted molar refractivity (Wildman–Crippen MR) is 90.7 cm³/mol. The molecular formula is C15H31N3O4S. The second-order valence-corrected chi connectivity index (χ2v) is 8.99. The van der Waals surface area contributed by atoms with E-state index in [0.717, 1.165) is 44.8 Å². The molecule has 1 aliphatic rings. The lowest BCUT2D eigenvalue weighted by atomic mass is 9.89. The van der Waals surface area contributed by atoms with Crippen LogP contribution >= 0.6 is 0 Å². The molecule has 0 heterocycles. The van der Waals surface area contributed by atoms with Crippen molar-refractivity contribution >= 4 is 16.1 Å². The molecule has 1 saturated carbocycles. The first-order valence-corrected chi connectivity index (χ1v) is 10.1. The highest BCUT2D eigenvalue weighted by Crippen LogP contribution is 2.21. The average molecular weight is 349 g/mol. The van der Waals surface area contributed by atoms with Gasteiger partial charge in [0.2, 0.25) is 10.0 Å². The zero-order valence-electron chi connectivity index (χ0n) is 14.4. The van der Waals surface area contributed by atoms with Crippen LogP contribution in [0.15, 0.2) is 0 Å². The van der Waals surface area contributed by atoms with E-state index in [4.69, 9.17) is 0 Å². The van der Waals surface area contributed by atoms with Gasteiger partial charge in [-0.15, -0.1) is 0 Å². The van der Waals surface area contributed by atoms with E-state index in [1.165, 1.54) is 0 Å². The lowest BCUT2D eigenvalue weighted by molar-refractivity contribution is 0.148. The SMILES string of the molecule is CC(C)(CO)CCCNC(=O)N[C@@H]1CCCC[C@H]1NS(C)(=O)=O. The molecule has 7 nitrogen and oxygen atoms in total. The van der Waals surface area contributed by atoms with Crippen molar-refractivity contribution in [3.05, 3.63) is 0 Å². The van der Waals surface area contributed by atoms with Gasteiger partial charge in [-0.25, -0.2) is 17.9 Å². The van der Waals surface area contributed by atoms with Gasteiger partial charge in [-0.3, -0.25) is 0 Å². The van der Waals surface area contributed by atoms with Crippen LogP contribution in [0.25, 0.3) is 0 Å². The second kappa shape index (κ2) is 8.84. The van der Waals surface area contributed by atoms with Crippen LogP contribution in [0.5, 0.6) is 0 Å². The zero-order valence-corrected chi connectivity index (χ0v) is 15.2. The minimum atomic E-state index is -3.28. The number of carbonyl (C=O) groups excluding carboxylic acids is 1. The molecule has 2 amide bonds. The monoisotopic (exact) mass is 349 g/mol. The van der Waals surface area contributed by atoms with Crippen LogP contribution in [0.4, 0.5) is 4.79 Å². The van der Waals surface area contributed by atoms with Crippen LogP contribution in [0.3, 0.4) is 0 Å². The van der Waals surface area contributed by atoms with E-state index in [1.807, 2.05) is 13.8 Å². The third-order valence-electron chi connectivity index (χ3n) is 4.19. The fourth-order valence-corrected chi connectivity index (χ4v) is 3.62. The first-order valence-electron chi connectivity index (χ1n) is 8.25. The topological polar surface area (TPSA) is 108 Å². The first kappa shape index (κ1) is 20.2. The quantitative estimate of drug-likeness (QED) is 0.489. The maximum atomic E-state index is 12.0. The summed E-state index contributed by atoms with van der Waals surface area (Å²) in [5.41, 5.74) is -0.133. The molecule has 0 spiro atoms. The largest absolute Gasteiger partial charge is 0.396 e. The third-order valence-corrected chi connectivity index (χ3v) is 4.92. The van der Waals surface area contributed by atoms with E-state index in [2.05, 4.69) is 15.4 Å². The molecule has 0 aromatic carbocycles. The summed E-state index contributed by atoms with van der Waals surface area (Å²) in [5.74, 6) is 0. The smallest absolute Gasteiger partial charge is 0.315 e. The standard InChI is InChI=1S/C15H31N3O4S/c1-15(2,11-19)9-6-10-16-14(20)17-12-7-4-5-8-13(12)18-23(3,21)22/h12-13,18-19H,4-11H2,1-3H3,(H2,16,17,20)/t12-,13-/m1/s1. The van der Waals surface area contributed by atoms with Gasteiger partial charge in [0.05, 0.1) is 6.26 Å². The molecule has 0 unspecified atom stereocenters. The maximum Gasteiger partial charge on any atom is 0.315 e. The van der Waals surface area contributed by atoms with E-state index in [9.17, 15) is 18.3 Å². The summed E-state index contributed by atoms with van der Waals surface area (Å²) in [6, 6.07) is -0.677. The van der Waals surface area contributed by atoms with Gasteiger partial charge in [-0.2, -0.15) is 0 Å². The Kier molecular flexibility index (Phi) is 7.76. The van der Waals surface area contributed by atoms with Gasteiger partial charge < -0.3 is 15.7 Å². The summed E-state index contributed by atoms with van der Waals surface area (Å²) >= 11 is 0. The highest BCUT2D eigenvalue weighted by molar-refractivity contribution is 7.88. The van der Waals surface area contributed by atoms with E-state index in [1.54, 1.807) is 0 Å². The van der Waals surface area contributed by atoms with Crippen molar-refractivity contribution in [3.8, 4) is 0 Å². The molecule has 0 saturated heterocycles. The molecule has 0 bridgehead atoms. The molecule has 0 aliphatic heterocycles. The summed E-state index contributed by atoms with van der Waals surface area (Å²) in [6.07, 6.45) is 6.21. The van der Waals surface area contributed by atoms with E-state index < -0.39 is 10.0 Å². The number of hydrogen-bond acceptors (Lipinski definition) is 4. The average Bonchev–Trinajstić information content (AvgIpc) is 2.44. The van der Waals surface area contributed by atoms with Gasteiger partial charge in [0.1, 0.15) is 0 Å². The number of rotatable bonds is 8. The number of carbonyl (C=O) groups is 1. The van der Waals surface area contributed by atoms with Crippen LogP contribution in [-0.4, -0.2) is 51.0 Å². The Bertz CT molecular complexity index is 479. The van der Waals surface area contributed by atoms with Gasteiger partial charge in [0.25, 0.3) is 0 Å². The Labute approximate surface area is 139 Å². The van der Waals surface area contributed by atoms with Crippen LogP contribution in [-0.2, 0) is 10.0 Å². The number of urea groups is 1. The number of nitrogens with one attached hydrogen (secondary N) is 3. The number of sulfonamides is 1. The van der Waals surface area contributed by atoms with E-state index >= 15 is 0 Å². The Morgan fingerprint density at radius 3 is 2.39 bits per heavy atom. The fourth-order valence-electron chi connectivity index (χ4n) is 2.79. The minimum Gasteiger partial charge on any atom is -0.396 e. The van der Waals surface area contributed by atoms with Gasteiger partial charge in [-0.1, -0.05) is 26.7 Å². The number of amides is 2. The molecule has 0 aromatic heterocycles. The Balaban J connectivity index is 2.36. The zero-order chi connectivity index (χ0) is 17.5. The Morgan fingerprint density at radius 2 is 1.83 bits per heavy atom. The van der Waals surface area contributed by atoms with E-state index in [-0.39, 0.29) is 30.1 Å².